The summed E-state index contributed by atoms with van der Waals surface area (Å²) < 4.78 is 5.81. The van der Waals surface area contributed by atoms with Crippen LogP contribution in [0.25, 0.3) is 0 Å². The summed E-state index contributed by atoms with van der Waals surface area (Å²) in [5, 5.41) is 13.1. The zero-order valence-electron chi connectivity index (χ0n) is 12.5. The summed E-state index contributed by atoms with van der Waals surface area (Å²) in [5.74, 6) is 0.778. The van der Waals surface area contributed by atoms with E-state index in [-0.39, 0.29) is 11.5 Å². The van der Waals surface area contributed by atoms with Gasteiger partial charge in [-0.05, 0) is 24.2 Å². The summed E-state index contributed by atoms with van der Waals surface area (Å²) in [4.78, 5) is 0. The summed E-state index contributed by atoms with van der Waals surface area (Å²) in [6.07, 6.45) is 4.89. The third-order valence-electron chi connectivity index (χ3n) is 3.45. The number of hydrogen-bond donors (Lipinski definition) is 2. The Morgan fingerprint density at radius 3 is 2.67 bits per heavy atom. The second-order valence-corrected chi connectivity index (χ2v) is 7.07. The standard InChI is InChI=1S/C15H31NO2/c1-12-6-5-7-14(8-12)18-10-13(17)9-16-11-15(2,3)4/h12-14,16-17H,5-11H2,1-4H3. The number of aliphatic hydroxyl groups is 1. The van der Waals surface area contributed by atoms with E-state index in [1.807, 2.05) is 0 Å². The van der Waals surface area contributed by atoms with Crippen LogP contribution in [0, 0.1) is 11.3 Å². The van der Waals surface area contributed by atoms with Gasteiger partial charge >= 0.3 is 0 Å². The molecule has 0 radical (unpaired) electrons. The molecule has 0 spiro atoms. The lowest BCUT2D eigenvalue weighted by Gasteiger charge is -2.28. The molecule has 3 nitrogen and oxygen atoms in total. The van der Waals surface area contributed by atoms with Crippen molar-refractivity contribution in [1.82, 2.24) is 5.32 Å². The zero-order valence-corrected chi connectivity index (χ0v) is 12.5. The molecule has 0 aromatic rings. The number of hydrogen-bond acceptors (Lipinski definition) is 3. The molecule has 18 heavy (non-hydrogen) atoms. The van der Waals surface area contributed by atoms with Crippen molar-refractivity contribution in [2.24, 2.45) is 11.3 Å². The van der Waals surface area contributed by atoms with Crippen LogP contribution in [0.4, 0.5) is 0 Å². The minimum atomic E-state index is -0.385. The van der Waals surface area contributed by atoms with E-state index in [1.54, 1.807) is 0 Å². The Balaban J connectivity index is 2.07. The molecule has 2 N–H and O–H groups in total. The summed E-state index contributed by atoms with van der Waals surface area (Å²) in [5.41, 5.74) is 0.263. The Kier molecular flexibility index (Phi) is 6.61. The first-order chi connectivity index (χ1) is 8.37. The Morgan fingerprint density at radius 2 is 2.06 bits per heavy atom. The van der Waals surface area contributed by atoms with Gasteiger partial charge in [-0.3, -0.25) is 0 Å². The van der Waals surface area contributed by atoms with Crippen molar-refractivity contribution in [1.29, 1.82) is 0 Å². The van der Waals surface area contributed by atoms with Gasteiger partial charge in [-0.1, -0.05) is 40.5 Å². The van der Waals surface area contributed by atoms with Crippen LogP contribution in [0.2, 0.25) is 0 Å². The average Bonchev–Trinajstić information content (AvgIpc) is 2.25. The van der Waals surface area contributed by atoms with E-state index in [4.69, 9.17) is 4.74 Å². The van der Waals surface area contributed by atoms with E-state index in [0.29, 0.717) is 19.3 Å². The van der Waals surface area contributed by atoms with Crippen LogP contribution in [0.5, 0.6) is 0 Å². The Labute approximate surface area is 112 Å². The lowest BCUT2D eigenvalue weighted by molar-refractivity contribution is -0.0309. The third-order valence-corrected chi connectivity index (χ3v) is 3.45. The minimum Gasteiger partial charge on any atom is -0.389 e. The van der Waals surface area contributed by atoms with Crippen molar-refractivity contribution in [3.05, 3.63) is 0 Å². The van der Waals surface area contributed by atoms with Gasteiger partial charge in [0, 0.05) is 13.1 Å². The highest BCUT2D eigenvalue weighted by atomic mass is 16.5. The van der Waals surface area contributed by atoms with Crippen LogP contribution in [0.15, 0.2) is 0 Å². The van der Waals surface area contributed by atoms with Crippen LogP contribution in [0.1, 0.15) is 53.4 Å². The first-order valence-corrected chi connectivity index (χ1v) is 7.37. The maximum absolute atomic E-state index is 9.86. The number of rotatable bonds is 6. The van der Waals surface area contributed by atoms with Crippen molar-refractivity contribution in [2.75, 3.05) is 19.7 Å². The molecule has 3 unspecified atom stereocenters. The molecule has 0 amide bonds. The highest BCUT2D eigenvalue weighted by Crippen LogP contribution is 2.25. The summed E-state index contributed by atoms with van der Waals surface area (Å²) >= 11 is 0. The Hall–Kier alpha value is -0.120. The van der Waals surface area contributed by atoms with Gasteiger partial charge in [0.25, 0.3) is 0 Å². The van der Waals surface area contributed by atoms with Crippen LogP contribution >= 0.6 is 0 Å². The topological polar surface area (TPSA) is 41.5 Å². The number of aliphatic hydroxyl groups excluding tert-OH is 1. The van der Waals surface area contributed by atoms with Crippen molar-refractivity contribution < 1.29 is 9.84 Å². The molecule has 1 aliphatic carbocycles. The molecule has 0 aromatic heterocycles. The molecule has 0 bridgehead atoms. The van der Waals surface area contributed by atoms with Gasteiger partial charge < -0.3 is 15.2 Å². The summed E-state index contributed by atoms with van der Waals surface area (Å²) in [6, 6.07) is 0. The van der Waals surface area contributed by atoms with Crippen molar-refractivity contribution in [2.45, 2.75) is 65.6 Å². The minimum absolute atomic E-state index is 0.263. The smallest absolute Gasteiger partial charge is 0.0897 e. The van der Waals surface area contributed by atoms with Gasteiger partial charge in [0.15, 0.2) is 0 Å². The molecule has 0 aromatic carbocycles. The molecule has 1 saturated carbocycles. The summed E-state index contributed by atoms with van der Waals surface area (Å²) in [6.45, 7) is 10.9. The van der Waals surface area contributed by atoms with E-state index in [1.165, 1.54) is 12.8 Å². The normalized spacial score (nSPS) is 27.2. The Bertz CT molecular complexity index is 225. The first kappa shape index (κ1) is 15.9. The second kappa shape index (κ2) is 7.46. The molecule has 1 rings (SSSR count). The van der Waals surface area contributed by atoms with E-state index in [2.05, 4.69) is 33.0 Å². The molecular formula is C15H31NO2. The molecule has 3 atom stereocenters. The molecular weight excluding hydrogens is 226 g/mol. The number of nitrogens with one attached hydrogen (secondary N) is 1. The largest absolute Gasteiger partial charge is 0.389 e. The van der Waals surface area contributed by atoms with Crippen LogP contribution in [-0.2, 0) is 4.74 Å². The van der Waals surface area contributed by atoms with Crippen LogP contribution in [-0.4, -0.2) is 37.0 Å². The van der Waals surface area contributed by atoms with Crippen LogP contribution < -0.4 is 5.32 Å². The lowest BCUT2D eigenvalue weighted by atomic mass is 9.89. The fraction of sp³-hybridized carbons (Fsp3) is 1.00. The van der Waals surface area contributed by atoms with E-state index in [0.717, 1.165) is 25.3 Å². The van der Waals surface area contributed by atoms with Gasteiger partial charge in [0.05, 0.1) is 18.8 Å². The quantitative estimate of drug-likeness (QED) is 0.768. The van der Waals surface area contributed by atoms with Crippen molar-refractivity contribution in [3.8, 4) is 0 Å². The fourth-order valence-corrected chi connectivity index (χ4v) is 2.45. The molecule has 3 heteroatoms. The second-order valence-electron chi connectivity index (χ2n) is 7.07. The van der Waals surface area contributed by atoms with Gasteiger partial charge in [-0.25, -0.2) is 0 Å². The van der Waals surface area contributed by atoms with E-state index in [9.17, 15) is 5.11 Å². The van der Waals surface area contributed by atoms with Crippen molar-refractivity contribution in [3.63, 3.8) is 0 Å². The number of ether oxygens (including phenoxy) is 1. The Morgan fingerprint density at radius 1 is 1.33 bits per heavy atom. The maximum Gasteiger partial charge on any atom is 0.0897 e. The predicted octanol–water partition coefficient (Wildman–Crippen LogP) is 2.58. The van der Waals surface area contributed by atoms with Gasteiger partial charge in [-0.15, -0.1) is 0 Å². The molecule has 0 saturated heterocycles. The predicted molar refractivity (Wildman–Crippen MR) is 75.7 cm³/mol. The molecule has 0 heterocycles. The van der Waals surface area contributed by atoms with E-state index >= 15 is 0 Å². The third kappa shape index (κ3) is 7.34. The van der Waals surface area contributed by atoms with Gasteiger partial charge in [-0.2, -0.15) is 0 Å². The highest BCUT2D eigenvalue weighted by Gasteiger charge is 2.20. The zero-order chi connectivity index (χ0) is 13.6. The fourth-order valence-electron chi connectivity index (χ4n) is 2.45. The van der Waals surface area contributed by atoms with Gasteiger partial charge in [0.1, 0.15) is 0 Å². The highest BCUT2D eigenvalue weighted by molar-refractivity contribution is 4.72. The molecule has 0 aliphatic heterocycles. The van der Waals surface area contributed by atoms with Gasteiger partial charge in [0.2, 0.25) is 0 Å². The van der Waals surface area contributed by atoms with Crippen molar-refractivity contribution >= 4 is 0 Å². The molecule has 108 valence electrons. The molecule has 1 fully saturated rings. The van der Waals surface area contributed by atoms with E-state index < -0.39 is 0 Å². The molecule has 1 aliphatic rings. The average molecular weight is 257 g/mol. The lowest BCUT2D eigenvalue weighted by Crippen LogP contribution is -2.36. The SMILES string of the molecule is CC1CCCC(OCC(O)CNCC(C)(C)C)C1. The summed E-state index contributed by atoms with van der Waals surface area (Å²) in [7, 11) is 0. The van der Waals surface area contributed by atoms with Crippen LogP contribution in [0.3, 0.4) is 0 Å². The maximum atomic E-state index is 9.86. The first-order valence-electron chi connectivity index (χ1n) is 7.37. The monoisotopic (exact) mass is 257 g/mol.